The Morgan fingerprint density at radius 3 is 2.30 bits per heavy atom. The first-order valence-corrected chi connectivity index (χ1v) is 9.30. The van der Waals surface area contributed by atoms with E-state index in [0.29, 0.717) is 11.6 Å². The van der Waals surface area contributed by atoms with Crippen molar-refractivity contribution < 1.29 is 5.11 Å². The van der Waals surface area contributed by atoms with Gasteiger partial charge in [0, 0.05) is 6.04 Å². The highest BCUT2D eigenvalue weighted by Gasteiger charge is 2.18. The molecule has 2 rings (SSSR count). The minimum Gasteiger partial charge on any atom is -0.390 e. The summed E-state index contributed by atoms with van der Waals surface area (Å²) in [6.45, 7) is 13.6. The average Bonchev–Trinajstić information content (AvgIpc) is 2.61. The van der Waals surface area contributed by atoms with Gasteiger partial charge in [-0.15, -0.1) is 0 Å². The fourth-order valence-electron chi connectivity index (χ4n) is 2.61. The summed E-state index contributed by atoms with van der Waals surface area (Å²) in [5.41, 5.74) is 1.87. The zero-order chi connectivity index (χ0) is 20.8. The van der Waals surface area contributed by atoms with Crippen LogP contribution in [0.3, 0.4) is 0 Å². The van der Waals surface area contributed by atoms with E-state index in [1.165, 1.54) is 5.56 Å². The van der Waals surface area contributed by atoms with Crippen LogP contribution in [0.2, 0.25) is 0 Å². The second kappa shape index (κ2) is 9.46. The summed E-state index contributed by atoms with van der Waals surface area (Å²) in [4.78, 5) is 19.0. The SMILES string of the molecule is CC.Cc1nc(NC(C)c2ccc(C(C)(C)C)cc2)c(C(=N)CO)c(=O)[nH]1. The van der Waals surface area contributed by atoms with Crippen LogP contribution in [0, 0.1) is 12.3 Å². The lowest BCUT2D eigenvalue weighted by Gasteiger charge is -2.21. The molecule has 148 valence electrons. The molecular formula is C21H32N4O2. The Morgan fingerprint density at radius 2 is 1.81 bits per heavy atom. The molecule has 0 bridgehead atoms. The summed E-state index contributed by atoms with van der Waals surface area (Å²) in [5, 5.41) is 20.3. The number of aliphatic hydroxyl groups excluding tert-OH is 1. The molecule has 0 amide bonds. The Bertz CT molecular complexity index is 818. The van der Waals surface area contributed by atoms with Gasteiger partial charge < -0.3 is 20.8 Å². The van der Waals surface area contributed by atoms with Gasteiger partial charge in [-0.25, -0.2) is 4.98 Å². The van der Waals surface area contributed by atoms with Crippen LogP contribution in [0.1, 0.15) is 70.1 Å². The van der Waals surface area contributed by atoms with Crippen molar-refractivity contribution in [1.29, 1.82) is 5.41 Å². The number of aryl methyl sites for hydroxylation is 1. The largest absolute Gasteiger partial charge is 0.390 e. The van der Waals surface area contributed by atoms with Crippen molar-refractivity contribution >= 4 is 11.5 Å². The monoisotopic (exact) mass is 372 g/mol. The molecule has 1 unspecified atom stereocenters. The molecule has 27 heavy (non-hydrogen) atoms. The van der Waals surface area contributed by atoms with Gasteiger partial charge in [-0.3, -0.25) is 4.79 Å². The number of aromatic amines is 1. The van der Waals surface area contributed by atoms with Gasteiger partial charge in [0.15, 0.2) is 0 Å². The van der Waals surface area contributed by atoms with Crippen LogP contribution in [-0.2, 0) is 5.41 Å². The standard InChI is InChI=1S/C19H26N4O2.C2H6/c1-11(13-6-8-14(9-7-13)19(3,4)5)21-17-16(15(20)10-24)18(25)23-12(2)22-17;1-2/h6-9,11,20,24H,10H2,1-5H3,(H2,21,22,23,25);1-2H3. The second-order valence-electron chi connectivity index (χ2n) is 7.25. The minimum atomic E-state index is -0.517. The lowest BCUT2D eigenvalue weighted by molar-refractivity contribution is 0.357. The number of nitrogens with zero attached hydrogens (tertiary/aromatic N) is 1. The van der Waals surface area contributed by atoms with Gasteiger partial charge in [-0.2, -0.15) is 0 Å². The predicted octanol–water partition coefficient (Wildman–Crippen LogP) is 3.94. The van der Waals surface area contributed by atoms with Crippen molar-refractivity contribution in [3.05, 3.63) is 57.1 Å². The summed E-state index contributed by atoms with van der Waals surface area (Å²) in [5.74, 6) is 0.768. The first-order valence-electron chi connectivity index (χ1n) is 9.30. The second-order valence-corrected chi connectivity index (χ2v) is 7.25. The first kappa shape index (κ1) is 22.6. The fraction of sp³-hybridized carbons (Fsp3) is 0.476. The smallest absolute Gasteiger partial charge is 0.262 e. The lowest BCUT2D eigenvalue weighted by Crippen LogP contribution is -2.25. The highest BCUT2D eigenvalue weighted by molar-refractivity contribution is 6.02. The molecule has 6 nitrogen and oxygen atoms in total. The van der Waals surface area contributed by atoms with E-state index in [4.69, 9.17) is 5.41 Å². The number of anilines is 1. The molecule has 0 saturated heterocycles. The van der Waals surface area contributed by atoms with Crippen LogP contribution < -0.4 is 10.9 Å². The molecule has 0 fully saturated rings. The molecular weight excluding hydrogens is 340 g/mol. The molecule has 2 aromatic rings. The van der Waals surface area contributed by atoms with Gasteiger partial charge in [-0.1, -0.05) is 58.9 Å². The Kier molecular flexibility index (Phi) is 7.91. The quantitative estimate of drug-likeness (QED) is 0.597. The van der Waals surface area contributed by atoms with Crippen molar-refractivity contribution in [3.8, 4) is 0 Å². The maximum Gasteiger partial charge on any atom is 0.262 e. The number of H-pyrrole nitrogens is 1. The van der Waals surface area contributed by atoms with Gasteiger partial charge in [0.25, 0.3) is 5.56 Å². The number of hydrogen-bond acceptors (Lipinski definition) is 5. The number of aromatic nitrogens is 2. The highest BCUT2D eigenvalue weighted by atomic mass is 16.3. The van der Waals surface area contributed by atoms with E-state index >= 15 is 0 Å². The third-order valence-corrected chi connectivity index (χ3v) is 4.13. The summed E-state index contributed by atoms with van der Waals surface area (Å²) in [6.07, 6.45) is 0. The zero-order valence-corrected chi connectivity index (χ0v) is 17.4. The van der Waals surface area contributed by atoms with E-state index in [0.717, 1.165) is 5.56 Å². The van der Waals surface area contributed by atoms with E-state index < -0.39 is 12.2 Å². The van der Waals surface area contributed by atoms with E-state index in [1.54, 1.807) is 6.92 Å². The van der Waals surface area contributed by atoms with E-state index in [2.05, 4.69) is 60.3 Å². The van der Waals surface area contributed by atoms with Crippen LogP contribution in [-0.4, -0.2) is 27.4 Å². The van der Waals surface area contributed by atoms with Crippen molar-refractivity contribution in [2.24, 2.45) is 0 Å². The topological polar surface area (TPSA) is 102 Å². The van der Waals surface area contributed by atoms with Gasteiger partial charge in [0.1, 0.15) is 17.2 Å². The van der Waals surface area contributed by atoms with E-state index in [9.17, 15) is 9.90 Å². The lowest BCUT2D eigenvalue weighted by atomic mass is 9.86. The van der Waals surface area contributed by atoms with Crippen LogP contribution >= 0.6 is 0 Å². The Labute approximate surface area is 161 Å². The minimum absolute atomic E-state index is 0.0752. The summed E-state index contributed by atoms with van der Waals surface area (Å²) in [7, 11) is 0. The van der Waals surface area contributed by atoms with Crippen molar-refractivity contribution in [2.45, 2.75) is 59.9 Å². The molecule has 1 aromatic carbocycles. The van der Waals surface area contributed by atoms with Crippen LogP contribution in [0.4, 0.5) is 5.82 Å². The van der Waals surface area contributed by atoms with Crippen LogP contribution in [0.25, 0.3) is 0 Å². The normalized spacial score (nSPS) is 12.0. The van der Waals surface area contributed by atoms with Gasteiger partial charge in [0.2, 0.25) is 0 Å². The molecule has 1 atom stereocenters. The van der Waals surface area contributed by atoms with Gasteiger partial charge in [0.05, 0.1) is 12.3 Å². The third kappa shape index (κ3) is 5.76. The van der Waals surface area contributed by atoms with E-state index in [-0.39, 0.29) is 22.7 Å². The van der Waals surface area contributed by atoms with Gasteiger partial charge >= 0.3 is 0 Å². The Hall–Kier alpha value is -2.47. The zero-order valence-electron chi connectivity index (χ0n) is 17.4. The van der Waals surface area contributed by atoms with Crippen molar-refractivity contribution in [3.63, 3.8) is 0 Å². The molecule has 0 aliphatic carbocycles. The van der Waals surface area contributed by atoms with Crippen molar-refractivity contribution in [1.82, 2.24) is 9.97 Å². The number of aliphatic hydroxyl groups is 1. The van der Waals surface area contributed by atoms with Crippen LogP contribution in [0.5, 0.6) is 0 Å². The summed E-state index contributed by atoms with van der Waals surface area (Å²) < 4.78 is 0. The van der Waals surface area contributed by atoms with Crippen molar-refractivity contribution in [2.75, 3.05) is 11.9 Å². The molecule has 0 aliphatic heterocycles. The molecule has 0 aliphatic rings. The third-order valence-electron chi connectivity index (χ3n) is 4.13. The summed E-state index contributed by atoms with van der Waals surface area (Å²) >= 11 is 0. The maximum atomic E-state index is 12.1. The van der Waals surface area contributed by atoms with Gasteiger partial charge in [-0.05, 0) is 30.4 Å². The fourth-order valence-corrected chi connectivity index (χ4v) is 2.61. The number of rotatable bonds is 5. The molecule has 1 heterocycles. The Morgan fingerprint density at radius 1 is 1.26 bits per heavy atom. The number of benzene rings is 1. The summed E-state index contributed by atoms with van der Waals surface area (Å²) in [6, 6.07) is 8.19. The molecule has 1 aromatic heterocycles. The van der Waals surface area contributed by atoms with E-state index in [1.807, 2.05) is 20.8 Å². The molecule has 6 heteroatoms. The molecule has 4 N–H and O–H groups in total. The highest BCUT2D eigenvalue weighted by Crippen LogP contribution is 2.25. The predicted molar refractivity (Wildman–Crippen MR) is 112 cm³/mol. The van der Waals surface area contributed by atoms with Crippen LogP contribution in [0.15, 0.2) is 29.1 Å². The first-order chi connectivity index (χ1) is 12.6. The average molecular weight is 373 g/mol. The maximum absolute atomic E-state index is 12.1. The Balaban J connectivity index is 0.00000176. The number of nitrogens with one attached hydrogen (secondary N) is 3. The molecule has 0 radical (unpaired) electrons. The number of hydrogen-bond donors (Lipinski definition) is 4. The molecule has 0 saturated carbocycles. The molecule has 0 spiro atoms.